The molecule has 0 bridgehead atoms. The number of anilines is 1. The second-order valence-electron chi connectivity index (χ2n) is 5.09. The zero-order valence-electron chi connectivity index (χ0n) is 9.93. The Balaban J connectivity index is 1.75. The molecule has 0 aromatic heterocycles. The second-order valence-corrected chi connectivity index (χ2v) is 5.94. The maximum Gasteiger partial charge on any atom is 0.150 e. The van der Waals surface area contributed by atoms with Crippen molar-refractivity contribution < 1.29 is 8.78 Å². The molecule has 98 valence electrons. The van der Waals surface area contributed by atoms with E-state index in [9.17, 15) is 8.78 Å². The zero-order valence-corrected chi connectivity index (χ0v) is 11.5. The zero-order chi connectivity index (χ0) is 12.7. The lowest BCUT2D eigenvalue weighted by molar-refractivity contribution is 0.546. The Hall–Kier alpha value is -0.680. The molecule has 0 radical (unpaired) electrons. The number of rotatable bonds is 3. The van der Waals surface area contributed by atoms with Crippen molar-refractivity contribution in [3.8, 4) is 0 Å². The predicted molar refractivity (Wildman–Crippen MR) is 70.8 cm³/mol. The maximum atomic E-state index is 13.8. The van der Waals surface area contributed by atoms with E-state index in [1.54, 1.807) is 0 Å². The molecule has 3 rings (SSSR count). The smallest absolute Gasteiger partial charge is 0.150 e. The van der Waals surface area contributed by atoms with Gasteiger partial charge in [-0.2, -0.15) is 0 Å². The molecule has 2 fully saturated rings. The third kappa shape index (κ3) is 2.52. The fourth-order valence-electron chi connectivity index (χ4n) is 2.52. The average Bonchev–Trinajstić information content (AvgIpc) is 2.96. The topological polar surface area (TPSA) is 15.3 Å². The van der Waals surface area contributed by atoms with Crippen LogP contribution in [-0.2, 0) is 0 Å². The molecule has 1 unspecified atom stereocenters. The Morgan fingerprint density at radius 2 is 1.94 bits per heavy atom. The Bertz CT molecular complexity index is 439. The highest BCUT2D eigenvalue weighted by Crippen LogP contribution is 2.33. The summed E-state index contributed by atoms with van der Waals surface area (Å²) in [5, 5.41) is 3.55. The van der Waals surface area contributed by atoms with E-state index in [-0.39, 0.29) is 0 Å². The van der Waals surface area contributed by atoms with Crippen LogP contribution in [0.4, 0.5) is 14.5 Å². The van der Waals surface area contributed by atoms with Crippen molar-refractivity contribution in [2.24, 2.45) is 0 Å². The summed E-state index contributed by atoms with van der Waals surface area (Å²) in [6.07, 6.45) is 3.52. The van der Waals surface area contributed by atoms with Gasteiger partial charge in [-0.15, -0.1) is 0 Å². The number of nitrogens with zero attached hydrogens (tertiary/aromatic N) is 1. The van der Waals surface area contributed by atoms with Gasteiger partial charge in [-0.05, 0) is 41.3 Å². The predicted octanol–water partition coefficient (Wildman–Crippen LogP) is 3.06. The summed E-state index contributed by atoms with van der Waals surface area (Å²) in [5.41, 5.74) is 0.483. The SMILES string of the molecule is Fc1cc(F)c(N2CCC(NC3CC3)C2)c(Br)c1. The summed E-state index contributed by atoms with van der Waals surface area (Å²) in [6.45, 7) is 1.60. The highest BCUT2D eigenvalue weighted by Gasteiger charge is 2.30. The van der Waals surface area contributed by atoms with E-state index >= 15 is 0 Å². The fraction of sp³-hybridized carbons (Fsp3) is 0.538. The summed E-state index contributed by atoms with van der Waals surface area (Å²) in [6, 6.07) is 3.35. The Kier molecular flexibility index (Phi) is 3.28. The molecule has 5 heteroatoms. The van der Waals surface area contributed by atoms with Crippen LogP contribution in [0.3, 0.4) is 0 Å². The molecule has 1 saturated carbocycles. The maximum absolute atomic E-state index is 13.8. The van der Waals surface area contributed by atoms with Gasteiger partial charge in [0.05, 0.1) is 5.69 Å². The normalized spacial score (nSPS) is 23.7. The van der Waals surface area contributed by atoms with Crippen LogP contribution >= 0.6 is 15.9 Å². The van der Waals surface area contributed by atoms with Gasteiger partial charge in [-0.3, -0.25) is 0 Å². The Labute approximate surface area is 113 Å². The fourth-order valence-corrected chi connectivity index (χ4v) is 3.18. The summed E-state index contributed by atoms with van der Waals surface area (Å²) in [4.78, 5) is 1.99. The Morgan fingerprint density at radius 3 is 2.61 bits per heavy atom. The van der Waals surface area contributed by atoms with E-state index < -0.39 is 11.6 Å². The summed E-state index contributed by atoms with van der Waals surface area (Å²) < 4.78 is 27.4. The molecule has 1 saturated heterocycles. The number of hydrogen-bond donors (Lipinski definition) is 1. The van der Waals surface area contributed by atoms with Crippen LogP contribution in [0.1, 0.15) is 19.3 Å². The quantitative estimate of drug-likeness (QED) is 0.922. The van der Waals surface area contributed by atoms with Crippen molar-refractivity contribution >= 4 is 21.6 Å². The molecule has 1 N–H and O–H groups in total. The van der Waals surface area contributed by atoms with Gasteiger partial charge in [0.15, 0.2) is 5.82 Å². The van der Waals surface area contributed by atoms with Gasteiger partial charge in [-0.1, -0.05) is 0 Å². The van der Waals surface area contributed by atoms with Crippen LogP contribution < -0.4 is 10.2 Å². The van der Waals surface area contributed by atoms with Crippen LogP contribution in [0.15, 0.2) is 16.6 Å². The van der Waals surface area contributed by atoms with Crippen molar-refractivity contribution in [2.75, 3.05) is 18.0 Å². The first kappa shape index (κ1) is 12.4. The number of halogens is 3. The van der Waals surface area contributed by atoms with E-state index in [1.165, 1.54) is 18.9 Å². The molecular weight excluding hydrogens is 302 g/mol. The molecule has 2 nitrogen and oxygen atoms in total. The second kappa shape index (κ2) is 4.78. The van der Waals surface area contributed by atoms with Gasteiger partial charge < -0.3 is 10.2 Å². The van der Waals surface area contributed by atoms with Crippen molar-refractivity contribution in [1.82, 2.24) is 5.32 Å². The standard InChI is InChI=1S/C13H15BrF2N2/c14-11-5-8(15)6-12(16)13(11)18-4-3-10(7-18)17-9-1-2-9/h5-6,9-10,17H,1-4,7H2. The largest absolute Gasteiger partial charge is 0.367 e. The van der Waals surface area contributed by atoms with E-state index in [0.717, 1.165) is 25.6 Å². The summed E-state index contributed by atoms with van der Waals surface area (Å²) >= 11 is 3.25. The van der Waals surface area contributed by atoms with Crippen molar-refractivity contribution in [3.63, 3.8) is 0 Å². The van der Waals surface area contributed by atoms with Crippen LogP contribution in [0.5, 0.6) is 0 Å². The lowest BCUT2D eigenvalue weighted by Gasteiger charge is -2.21. The molecule has 1 aliphatic carbocycles. The van der Waals surface area contributed by atoms with Crippen LogP contribution in [0.25, 0.3) is 0 Å². The molecule has 2 aliphatic rings. The van der Waals surface area contributed by atoms with Crippen LogP contribution in [0.2, 0.25) is 0 Å². The highest BCUT2D eigenvalue weighted by molar-refractivity contribution is 9.10. The van der Waals surface area contributed by atoms with Crippen molar-refractivity contribution in [2.45, 2.75) is 31.3 Å². The minimum atomic E-state index is -0.546. The van der Waals surface area contributed by atoms with Gasteiger partial charge in [0.1, 0.15) is 5.82 Å². The molecule has 1 atom stereocenters. The lowest BCUT2D eigenvalue weighted by Crippen LogP contribution is -2.34. The van der Waals surface area contributed by atoms with Crippen molar-refractivity contribution in [1.29, 1.82) is 0 Å². The van der Waals surface area contributed by atoms with Crippen LogP contribution in [-0.4, -0.2) is 25.2 Å². The summed E-state index contributed by atoms with van der Waals surface area (Å²) in [7, 11) is 0. The number of hydrogen-bond acceptors (Lipinski definition) is 2. The van der Waals surface area contributed by atoms with Crippen molar-refractivity contribution in [3.05, 3.63) is 28.2 Å². The van der Waals surface area contributed by atoms with Gasteiger partial charge in [-0.25, -0.2) is 8.78 Å². The molecule has 1 heterocycles. The minimum Gasteiger partial charge on any atom is -0.367 e. The van der Waals surface area contributed by atoms with Gasteiger partial charge in [0.25, 0.3) is 0 Å². The first-order valence-corrected chi connectivity index (χ1v) is 7.08. The van der Waals surface area contributed by atoms with Crippen LogP contribution in [0, 0.1) is 11.6 Å². The molecule has 0 spiro atoms. The first-order valence-electron chi connectivity index (χ1n) is 6.29. The highest BCUT2D eigenvalue weighted by atomic mass is 79.9. The number of benzene rings is 1. The molecular formula is C13H15BrF2N2. The lowest BCUT2D eigenvalue weighted by atomic mass is 10.2. The molecule has 0 amide bonds. The Morgan fingerprint density at radius 1 is 1.17 bits per heavy atom. The minimum absolute atomic E-state index is 0.425. The third-order valence-electron chi connectivity index (χ3n) is 3.53. The first-order chi connectivity index (χ1) is 8.63. The average molecular weight is 317 g/mol. The molecule has 1 aromatic rings. The molecule has 1 aliphatic heterocycles. The van der Waals surface area contributed by atoms with Gasteiger partial charge in [0.2, 0.25) is 0 Å². The van der Waals surface area contributed by atoms with Gasteiger partial charge >= 0.3 is 0 Å². The molecule has 1 aromatic carbocycles. The summed E-state index contributed by atoms with van der Waals surface area (Å²) in [5.74, 6) is -1.04. The van der Waals surface area contributed by atoms with Gasteiger partial charge in [0, 0.05) is 35.7 Å². The monoisotopic (exact) mass is 316 g/mol. The van der Waals surface area contributed by atoms with E-state index in [0.29, 0.717) is 22.2 Å². The molecule has 18 heavy (non-hydrogen) atoms. The van der Waals surface area contributed by atoms with E-state index in [2.05, 4.69) is 21.2 Å². The van der Waals surface area contributed by atoms with E-state index in [4.69, 9.17) is 0 Å². The van der Waals surface area contributed by atoms with E-state index in [1.807, 2.05) is 4.90 Å². The third-order valence-corrected chi connectivity index (χ3v) is 4.14. The number of nitrogens with one attached hydrogen (secondary N) is 1.